The lowest BCUT2D eigenvalue weighted by Gasteiger charge is -2.36. The third-order valence-corrected chi connectivity index (χ3v) is 2.90. The van der Waals surface area contributed by atoms with Crippen LogP contribution < -0.4 is 4.90 Å². The number of morpholine rings is 1. The number of carbonyl (C=O) groups is 1. The third-order valence-electron chi connectivity index (χ3n) is 2.90. The van der Waals surface area contributed by atoms with Crippen LogP contribution in [-0.4, -0.2) is 36.4 Å². The Hall–Kier alpha value is -1.55. The standard InChI is InChI=1S/C13H17NO3.CH4/c1-9-7-14(8-10(2)17-9)12-5-3-11(4-6-12)13(15)16;/h3-6,9-10H,7-8H2,1-2H3,(H,15,16);1H4. The van der Waals surface area contributed by atoms with E-state index in [9.17, 15) is 4.79 Å². The van der Waals surface area contributed by atoms with Gasteiger partial charge < -0.3 is 14.7 Å². The van der Waals surface area contributed by atoms with Gasteiger partial charge in [0.1, 0.15) is 0 Å². The Bertz CT molecular complexity index is 392. The van der Waals surface area contributed by atoms with Crippen LogP contribution in [0.4, 0.5) is 5.69 Å². The summed E-state index contributed by atoms with van der Waals surface area (Å²) in [5.41, 5.74) is 1.38. The zero-order valence-electron chi connectivity index (χ0n) is 10.1. The lowest BCUT2D eigenvalue weighted by atomic mass is 10.1. The molecule has 0 radical (unpaired) electrons. The molecule has 1 fully saturated rings. The molecule has 0 bridgehead atoms. The molecule has 1 saturated heterocycles. The zero-order valence-corrected chi connectivity index (χ0v) is 10.1. The van der Waals surface area contributed by atoms with Gasteiger partial charge in [-0.3, -0.25) is 0 Å². The maximum Gasteiger partial charge on any atom is 0.335 e. The summed E-state index contributed by atoms with van der Waals surface area (Å²) < 4.78 is 5.66. The van der Waals surface area contributed by atoms with Crippen molar-refractivity contribution in [2.24, 2.45) is 0 Å². The van der Waals surface area contributed by atoms with Gasteiger partial charge in [0, 0.05) is 18.8 Å². The van der Waals surface area contributed by atoms with Crippen LogP contribution in [0.15, 0.2) is 24.3 Å². The van der Waals surface area contributed by atoms with Gasteiger partial charge in [-0.05, 0) is 38.1 Å². The summed E-state index contributed by atoms with van der Waals surface area (Å²) in [6.07, 6.45) is 0.413. The first-order chi connectivity index (χ1) is 8.06. The summed E-state index contributed by atoms with van der Waals surface area (Å²) in [6, 6.07) is 6.99. The number of anilines is 1. The van der Waals surface area contributed by atoms with Gasteiger partial charge in [0.15, 0.2) is 0 Å². The fourth-order valence-electron chi connectivity index (χ4n) is 2.20. The second kappa shape index (κ2) is 5.87. The fraction of sp³-hybridized carbons (Fsp3) is 0.500. The van der Waals surface area contributed by atoms with Crippen molar-refractivity contribution in [2.45, 2.75) is 33.5 Å². The molecule has 1 N–H and O–H groups in total. The van der Waals surface area contributed by atoms with E-state index < -0.39 is 5.97 Å². The van der Waals surface area contributed by atoms with Crippen molar-refractivity contribution >= 4 is 11.7 Å². The maximum absolute atomic E-state index is 10.8. The molecule has 1 aromatic rings. The average molecular weight is 251 g/mol. The van der Waals surface area contributed by atoms with Crippen LogP contribution >= 0.6 is 0 Å². The quantitative estimate of drug-likeness (QED) is 0.878. The molecular weight excluding hydrogens is 230 g/mol. The van der Waals surface area contributed by atoms with E-state index in [1.165, 1.54) is 0 Å². The fourth-order valence-corrected chi connectivity index (χ4v) is 2.20. The van der Waals surface area contributed by atoms with Crippen LogP contribution in [-0.2, 0) is 4.74 Å². The first-order valence-corrected chi connectivity index (χ1v) is 5.80. The molecule has 0 amide bonds. The highest BCUT2D eigenvalue weighted by Gasteiger charge is 2.22. The molecule has 4 nitrogen and oxygen atoms in total. The van der Waals surface area contributed by atoms with E-state index in [2.05, 4.69) is 4.90 Å². The Kier molecular flexibility index (Phi) is 4.73. The highest BCUT2D eigenvalue weighted by atomic mass is 16.5. The number of hydrogen-bond donors (Lipinski definition) is 1. The van der Waals surface area contributed by atoms with Crippen molar-refractivity contribution in [3.63, 3.8) is 0 Å². The van der Waals surface area contributed by atoms with Gasteiger partial charge in [0.2, 0.25) is 0 Å². The highest BCUT2D eigenvalue weighted by Crippen LogP contribution is 2.20. The molecule has 2 unspecified atom stereocenters. The summed E-state index contributed by atoms with van der Waals surface area (Å²) in [6.45, 7) is 5.79. The number of carboxylic acid groups (broad SMARTS) is 1. The molecule has 0 spiro atoms. The number of benzene rings is 1. The highest BCUT2D eigenvalue weighted by molar-refractivity contribution is 5.88. The van der Waals surface area contributed by atoms with E-state index in [1.807, 2.05) is 26.0 Å². The van der Waals surface area contributed by atoms with E-state index >= 15 is 0 Å². The second-order valence-electron chi connectivity index (χ2n) is 4.51. The molecule has 1 aliphatic heterocycles. The SMILES string of the molecule is C.CC1CN(c2ccc(C(=O)O)cc2)CC(C)O1. The molecule has 2 atom stereocenters. The molecule has 0 saturated carbocycles. The monoisotopic (exact) mass is 251 g/mol. The minimum absolute atomic E-state index is 0. The molecule has 0 aliphatic carbocycles. The normalized spacial score (nSPS) is 23.3. The van der Waals surface area contributed by atoms with Crippen LogP contribution in [0.2, 0.25) is 0 Å². The number of nitrogens with zero attached hydrogens (tertiary/aromatic N) is 1. The smallest absolute Gasteiger partial charge is 0.335 e. The van der Waals surface area contributed by atoms with Gasteiger partial charge in [-0.2, -0.15) is 0 Å². The molecule has 1 heterocycles. The van der Waals surface area contributed by atoms with Gasteiger partial charge >= 0.3 is 5.97 Å². The van der Waals surface area contributed by atoms with Crippen molar-refractivity contribution in [1.82, 2.24) is 0 Å². The molecule has 1 aliphatic rings. The number of carboxylic acids is 1. The first-order valence-electron chi connectivity index (χ1n) is 5.80. The first kappa shape index (κ1) is 14.5. The Labute approximate surface area is 108 Å². The van der Waals surface area contributed by atoms with Crippen molar-refractivity contribution in [2.75, 3.05) is 18.0 Å². The average Bonchev–Trinajstić information content (AvgIpc) is 2.28. The summed E-state index contributed by atoms with van der Waals surface area (Å²) in [5, 5.41) is 8.84. The molecule has 4 heteroatoms. The minimum atomic E-state index is -0.889. The topological polar surface area (TPSA) is 49.8 Å². The van der Waals surface area contributed by atoms with Gasteiger partial charge in [-0.15, -0.1) is 0 Å². The lowest BCUT2D eigenvalue weighted by Crippen LogP contribution is -2.45. The van der Waals surface area contributed by atoms with E-state index in [0.29, 0.717) is 5.56 Å². The van der Waals surface area contributed by atoms with Crippen LogP contribution in [0, 0.1) is 0 Å². The predicted octanol–water partition coefficient (Wildman–Crippen LogP) is 2.63. The molecule has 0 aromatic heterocycles. The molecular formula is C14H21NO3. The molecule has 2 rings (SSSR count). The summed E-state index contributed by atoms with van der Waals surface area (Å²) in [4.78, 5) is 13.0. The second-order valence-corrected chi connectivity index (χ2v) is 4.51. The van der Waals surface area contributed by atoms with E-state index in [1.54, 1.807) is 12.1 Å². The Balaban J connectivity index is 0.00000162. The predicted molar refractivity (Wildman–Crippen MR) is 72.4 cm³/mol. The third kappa shape index (κ3) is 3.23. The number of ether oxygens (including phenoxy) is 1. The van der Waals surface area contributed by atoms with E-state index in [-0.39, 0.29) is 19.6 Å². The number of rotatable bonds is 2. The van der Waals surface area contributed by atoms with Crippen LogP contribution in [0.5, 0.6) is 0 Å². The minimum Gasteiger partial charge on any atom is -0.478 e. The largest absolute Gasteiger partial charge is 0.478 e. The van der Waals surface area contributed by atoms with Crippen molar-refractivity contribution in [3.05, 3.63) is 29.8 Å². The summed E-state index contributed by atoms with van der Waals surface area (Å²) in [5.74, 6) is -0.889. The van der Waals surface area contributed by atoms with E-state index in [4.69, 9.17) is 9.84 Å². The summed E-state index contributed by atoms with van der Waals surface area (Å²) in [7, 11) is 0. The molecule has 18 heavy (non-hydrogen) atoms. The van der Waals surface area contributed by atoms with E-state index in [0.717, 1.165) is 18.8 Å². The Morgan fingerprint density at radius 2 is 1.72 bits per heavy atom. The van der Waals surface area contributed by atoms with Crippen LogP contribution in [0.1, 0.15) is 31.6 Å². The van der Waals surface area contributed by atoms with Crippen molar-refractivity contribution in [1.29, 1.82) is 0 Å². The maximum atomic E-state index is 10.8. The summed E-state index contributed by atoms with van der Waals surface area (Å²) >= 11 is 0. The number of hydrogen-bond acceptors (Lipinski definition) is 3. The van der Waals surface area contributed by atoms with Crippen LogP contribution in [0.3, 0.4) is 0 Å². The molecule has 100 valence electrons. The van der Waals surface area contributed by atoms with Crippen molar-refractivity contribution < 1.29 is 14.6 Å². The van der Waals surface area contributed by atoms with Gasteiger partial charge in [0.25, 0.3) is 0 Å². The Morgan fingerprint density at radius 3 is 2.17 bits per heavy atom. The lowest BCUT2D eigenvalue weighted by molar-refractivity contribution is -0.00522. The van der Waals surface area contributed by atoms with Gasteiger partial charge in [-0.25, -0.2) is 4.79 Å². The van der Waals surface area contributed by atoms with Crippen molar-refractivity contribution in [3.8, 4) is 0 Å². The Morgan fingerprint density at radius 1 is 1.22 bits per heavy atom. The van der Waals surface area contributed by atoms with Gasteiger partial charge in [0.05, 0.1) is 17.8 Å². The number of aromatic carboxylic acids is 1. The zero-order chi connectivity index (χ0) is 12.4. The van der Waals surface area contributed by atoms with Crippen LogP contribution in [0.25, 0.3) is 0 Å². The van der Waals surface area contributed by atoms with Gasteiger partial charge in [-0.1, -0.05) is 7.43 Å². The molecule has 1 aromatic carbocycles.